The Kier molecular flexibility index (Phi) is 4.84. The summed E-state index contributed by atoms with van der Waals surface area (Å²) in [5, 5.41) is 11.0. The molecular weight excluding hydrogens is 282 g/mol. The maximum atomic E-state index is 11.0. The first-order valence-corrected chi connectivity index (χ1v) is 8.81. The molecule has 2 nitrogen and oxygen atoms in total. The number of anilines is 1. The minimum atomic E-state index is -0.0756. The van der Waals surface area contributed by atoms with Crippen LogP contribution in [0.2, 0.25) is 0 Å². The molecule has 1 fully saturated rings. The van der Waals surface area contributed by atoms with Crippen LogP contribution in [0.25, 0.3) is 0 Å². The van der Waals surface area contributed by atoms with Crippen LogP contribution in [-0.2, 0) is 10.8 Å². The number of phenolic OH excluding ortho intramolecular Hbond substituents is 1. The van der Waals surface area contributed by atoms with Gasteiger partial charge in [-0.3, -0.25) is 0 Å². The summed E-state index contributed by atoms with van der Waals surface area (Å²) in [6.07, 6.45) is 5.33. The first kappa shape index (κ1) is 17.9. The Balaban J connectivity index is 2.60. The molecule has 2 rings (SSSR count). The van der Waals surface area contributed by atoms with Crippen LogP contribution < -0.4 is 4.90 Å². The van der Waals surface area contributed by atoms with E-state index in [2.05, 4.69) is 65.2 Å². The second-order valence-corrected chi connectivity index (χ2v) is 8.91. The molecule has 128 valence electrons. The molecule has 0 spiro atoms. The molecule has 1 saturated heterocycles. The van der Waals surface area contributed by atoms with Crippen molar-refractivity contribution in [2.45, 2.75) is 77.7 Å². The van der Waals surface area contributed by atoms with Crippen molar-refractivity contribution < 1.29 is 5.11 Å². The molecule has 0 radical (unpaired) electrons. The number of phenols is 1. The standard InChI is InChI=1S/C21H33NO/c1-8-10-16-11-9-12-22(16)18-14-15(20(2,3)4)13-17(19(18)23)21(5,6)7/h8,13-14,16,23H,1,9-12H2,2-7H3. The van der Waals surface area contributed by atoms with E-state index in [4.69, 9.17) is 0 Å². The van der Waals surface area contributed by atoms with Crippen LogP contribution >= 0.6 is 0 Å². The van der Waals surface area contributed by atoms with Gasteiger partial charge in [-0.25, -0.2) is 0 Å². The lowest BCUT2D eigenvalue weighted by atomic mass is 9.79. The monoisotopic (exact) mass is 315 g/mol. The Morgan fingerprint density at radius 3 is 2.35 bits per heavy atom. The molecule has 2 heteroatoms. The number of aromatic hydroxyl groups is 1. The van der Waals surface area contributed by atoms with Crippen LogP contribution in [0.15, 0.2) is 24.8 Å². The first-order chi connectivity index (χ1) is 10.6. The summed E-state index contributed by atoms with van der Waals surface area (Å²) in [6.45, 7) is 18.1. The highest BCUT2D eigenvalue weighted by molar-refractivity contribution is 5.66. The Bertz CT molecular complexity index is 575. The topological polar surface area (TPSA) is 23.5 Å². The van der Waals surface area contributed by atoms with E-state index >= 15 is 0 Å². The molecular formula is C21H33NO. The molecule has 0 bridgehead atoms. The minimum Gasteiger partial charge on any atom is -0.505 e. The van der Waals surface area contributed by atoms with Crippen molar-refractivity contribution in [2.24, 2.45) is 0 Å². The molecule has 1 aliphatic heterocycles. The van der Waals surface area contributed by atoms with E-state index in [1.165, 1.54) is 18.4 Å². The zero-order chi connectivity index (χ0) is 17.4. The molecule has 0 aromatic heterocycles. The van der Waals surface area contributed by atoms with Crippen LogP contribution in [0.4, 0.5) is 5.69 Å². The number of hydrogen-bond acceptors (Lipinski definition) is 2. The van der Waals surface area contributed by atoms with Gasteiger partial charge in [-0.2, -0.15) is 0 Å². The maximum Gasteiger partial charge on any atom is 0.142 e. The molecule has 1 aliphatic rings. The van der Waals surface area contributed by atoms with Crippen LogP contribution in [0.3, 0.4) is 0 Å². The number of benzene rings is 1. The molecule has 0 saturated carbocycles. The molecule has 1 aromatic carbocycles. The fourth-order valence-electron chi connectivity index (χ4n) is 3.43. The Hall–Kier alpha value is -1.44. The van der Waals surface area contributed by atoms with Crippen molar-refractivity contribution in [1.29, 1.82) is 0 Å². The van der Waals surface area contributed by atoms with Crippen LogP contribution in [0, 0.1) is 0 Å². The van der Waals surface area contributed by atoms with Gasteiger partial charge in [0.05, 0.1) is 5.69 Å². The number of hydrogen-bond donors (Lipinski definition) is 1. The van der Waals surface area contributed by atoms with Gasteiger partial charge in [-0.15, -0.1) is 6.58 Å². The molecule has 1 atom stereocenters. The highest BCUT2D eigenvalue weighted by atomic mass is 16.3. The van der Waals surface area contributed by atoms with Gasteiger partial charge in [0.1, 0.15) is 5.75 Å². The van der Waals surface area contributed by atoms with E-state index in [9.17, 15) is 5.11 Å². The summed E-state index contributed by atoms with van der Waals surface area (Å²) >= 11 is 0. The fourth-order valence-corrected chi connectivity index (χ4v) is 3.43. The van der Waals surface area contributed by atoms with Crippen molar-refractivity contribution in [2.75, 3.05) is 11.4 Å². The third-order valence-corrected chi connectivity index (χ3v) is 4.89. The van der Waals surface area contributed by atoms with Gasteiger partial charge in [0, 0.05) is 18.2 Å². The predicted octanol–water partition coefficient (Wildman–Crippen LogP) is 5.53. The van der Waals surface area contributed by atoms with E-state index in [1.807, 2.05) is 6.08 Å². The van der Waals surface area contributed by atoms with Crippen LogP contribution in [0.5, 0.6) is 5.75 Å². The van der Waals surface area contributed by atoms with E-state index < -0.39 is 0 Å². The number of nitrogens with zero attached hydrogens (tertiary/aromatic N) is 1. The van der Waals surface area contributed by atoms with E-state index in [0.29, 0.717) is 11.8 Å². The summed E-state index contributed by atoms with van der Waals surface area (Å²) in [4.78, 5) is 2.39. The lowest BCUT2D eigenvalue weighted by Crippen LogP contribution is -2.30. The summed E-state index contributed by atoms with van der Waals surface area (Å²) in [6, 6.07) is 4.85. The first-order valence-electron chi connectivity index (χ1n) is 8.81. The highest BCUT2D eigenvalue weighted by Crippen LogP contribution is 2.44. The van der Waals surface area contributed by atoms with Crippen molar-refractivity contribution in [1.82, 2.24) is 0 Å². The van der Waals surface area contributed by atoms with Gasteiger partial charge in [-0.05, 0) is 41.7 Å². The second-order valence-electron chi connectivity index (χ2n) is 8.91. The van der Waals surface area contributed by atoms with Crippen molar-refractivity contribution in [3.63, 3.8) is 0 Å². The molecule has 1 unspecified atom stereocenters. The van der Waals surface area contributed by atoms with Crippen molar-refractivity contribution in [3.8, 4) is 5.75 Å². The predicted molar refractivity (Wildman–Crippen MR) is 101 cm³/mol. The Labute approximate surface area is 142 Å². The van der Waals surface area contributed by atoms with Gasteiger partial charge in [0.25, 0.3) is 0 Å². The lowest BCUT2D eigenvalue weighted by molar-refractivity contribution is 0.442. The highest BCUT2D eigenvalue weighted by Gasteiger charge is 2.30. The summed E-state index contributed by atoms with van der Waals surface area (Å²) in [7, 11) is 0. The van der Waals surface area contributed by atoms with Gasteiger partial charge in [0.2, 0.25) is 0 Å². The maximum absolute atomic E-state index is 11.0. The van der Waals surface area contributed by atoms with Crippen LogP contribution in [0.1, 0.15) is 71.9 Å². The SMILES string of the molecule is C=CCC1CCCN1c1cc(C(C)(C)C)cc(C(C)(C)C)c1O. The summed E-state index contributed by atoms with van der Waals surface area (Å²) < 4.78 is 0. The minimum absolute atomic E-state index is 0.0656. The van der Waals surface area contributed by atoms with Gasteiger partial charge in [0.15, 0.2) is 0 Å². The van der Waals surface area contributed by atoms with Gasteiger partial charge in [-0.1, -0.05) is 53.7 Å². The zero-order valence-corrected chi connectivity index (χ0v) is 15.7. The summed E-state index contributed by atoms with van der Waals surface area (Å²) in [5.74, 6) is 0.460. The second kappa shape index (κ2) is 6.22. The lowest BCUT2D eigenvalue weighted by Gasteiger charge is -2.33. The molecule has 0 aliphatic carbocycles. The third-order valence-electron chi connectivity index (χ3n) is 4.89. The molecule has 1 aromatic rings. The fraction of sp³-hybridized carbons (Fsp3) is 0.619. The van der Waals surface area contributed by atoms with Crippen molar-refractivity contribution in [3.05, 3.63) is 35.9 Å². The largest absolute Gasteiger partial charge is 0.505 e. The normalized spacial score (nSPS) is 19.2. The quantitative estimate of drug-likeness (QED) is 0.741. The summed E-state index contributed by atoms with van der Waals surface area (Å²) in [5.41, 5.74) is 3.33. The molecule has 0 amide bonds. The van der Waals surface area contributed by atoms with E-state index in [0.717, 1.165) is 24.2 Å². The third kappa shape index (κ3) is 3.73. The Morgan fingerprint density at radius 1 is 1.17 bits per heavy atom. The van der Waals surface area contributed by atoms with Crippen molar-refractivity contribution >= 4 is 5.69 Å². The van der Waals surface area contributed by atoms with Crippen LogP contribution in [-0.4, -0.2) is 17.7 Å². The average Bonchev–Trinajstić information content (AvgIpc) is 2.85. The van der Waals surface area contributed by atoms with Gasteiger partial charge < -0.3 is 10.0 Å². The molecule has 1 N–H and O–H groups in total. The molecule has 23 heavy (non-hydrogen) atoms. The zero-order valence-electron chi connectivity index (χ0n) is 15.7. The average molecular weight is 316 g/mol. The number of rotatable bonds is 3. The van der Waals surface area contributed by atoms with Gasteiger partial charge >= 0.3 is 0 Å². The van der Waals surface area contributed by atoms with E-state index in [-0.39, 0.29) is 10.8 Å². The Morgan fingerprint density at radius 2 is 1.83 bits per heavy atom. The molecule has 1 heterocycles. The van der Waals surface area contributed by atoms with E-state index in [1.54, 1.807) is 0 Å². The smallest absolute Gasteiger partial charge is 0.142 e.